The van der Waals surface area contributed by atoms with Gasteiger partial charge in [0.15, 0.2) is 5.82 Å². The molecule has 100 valence electrons. The normalized spacial score (nSPS) is 20.3. The fourth-order valence-electron chi connectivity index (χ4n) is 2.32. The van der Waals surface area contributed by atoms with Crippen LogP contribution in [-0.2, 0) is 6.61 Å². The predicted octanol–water partition coefficient (Wildman–Crippen LogP) is 1.58. The molecule has 2 rings (SSSR count). The van der Waals surface area contributed by atoms with E-state index in [9.17, 15) is 4.39 Å². The van der Waals surface area contributed by atoms with Crippen molar-refractivity contribution in [1.82, 2.24) is 9.88 Å². The largest absolute Gasteiger partial charge is 0.476 e. The summed E-state index contributed by atoms with van der Waals surface area (Å²) >= 11 is 0. The van der Waals surface area contributed by atoms with E-state index in [-0.39, 0.29) is 18.1 Å². The summed E-state index contributed by atoms with van der Waals surface area (Å²) < 4.78 is 19.1. The highest BCUT2D eigenvalue weighted by Crippen LogP contribution is 2.20. The minimum atomic E-state index is -0.556. The molecule has 2 heterocycles. The average molecular weight is 254 g/mol. The number of ether oxygens (including phenoxy) is 1. The molecule has 1 atom stereocenters. The Hall–Kier alpha value is -1.20. The van der Waals surface area contributed by atoms with Crippen molar-refractivity contribution in [1.29, 1.82) is 0 Å². The summed E-state index contributed by atoms with van der Waals surface area (Å²) in [6, 6.07) is 1.97. The summed E-state index contributed by atoms with van der Waals surface area (Å²) in [4.78, 5) is 6.15. The molecular formula is C13H19FN2O2. The monoisotopic (exact) mass is 254 g/mol. The highest BCUT2D eigenvalue weighted by molar-refractivity contribution is 5.22. The van der Waals surface area contributed by atoms with Crippen LogP contribution in [0.4, 0.5) is 4.39 Å². The van der Waals surface area contributed by atoms with Crippen LogP contribution < -0.4 is 4.74 Å². The summed E-state index contributed by atoms with van der Waals surface area (Å²) in [5.41, 5.74) is 0.220. The average Bonchev–Trinajstić information content (AvgIpc) is 2.77. The number of aliphatic hydroxyl groups is 1. The van der Waals surface area contributed by atoms with E-state index in [2.05, 4.69) is 16.9 Å². The first-order chi connectivity index (χ1) is 8.72. The second-order valence-electron chi connectivity index (χ2n) is 4.66. The Labute approximate surface area is 106 Å². The van der Waals surface area contributed by atoms with Gasteiger partial charge in [0.2, 0.25) is 0 Å². The fourth-order valence-corrected chi connectivity index (χ4v) is 2.32. The van der Waals surface area contributed by atoms with E-state index >= 15 is 0 Å². The van der Waals surface area contributed by atoms with Gasteiger partial charge >= 0.3 is 0 Å². The molecule has 1 N–H and O–H groups in total. The molecule has 1 unspecified atom stereocenters. The number of hydrogen-bond acceptors (Lipinski definition) is 4. The lowest BCUT2D eigenvalue weighted by atomic mass is 10.1. The number of pyridine rings is 1. The molecule has 0 bridgehead atoms. The summed E-state index contributed by atoms with van der Waals surface area (Å²) in [5, 5.41) is 8.95. The van der Waals surface area contributed by atoms with Gasteiger partial charge in [-0.3, -0.25) is 0 Å². The Morgan fingerprint density at radius 1 is 1.61 bits per heavy atom. The molecule has 1 aliphatic heterocycles. The Balaban J connectivity index is 1.86. The van der Waals surface area contributed by atoms with Crippen molar-refractivity contribution in [3.05, 3.63) is 23.6 Å². The van der Waals surface area contributed by atoms with Gasteiger partial charge in [-0.15, -0.1) is 0 Å². The first kappa shape index (κ1) is 13.2. The number of aromatic nitrogens is 1. The molecule has 1 aromatic heterocycles. The lowest BCUT2D eigenvalue weighted by Gasteiger charge is -2.19. The lowest BCUT2D eigenvalue weighted by molar-refractivity contribution is 0.219. The van der Waals surface area contributed by atoms with Crippen molar-refractivity contribution >= 4 is 0 Å². The van der Waals surface area contributed by atoms with Crippen LogP contribution in [0.15, 0.2) is 12.3 Å². The Morgan fingerprint density at radius 2 is 2.44 bits per heavy atom. The molecule has 18 heavy (non-hydrogen) atoms. The number of halogens is 1. The zero-order valence-electron chi connectivity index (χ0n) is 10.6. The van der Waals surface area contributed by atoms with Crippen molar-refractivity contribution < 1.29 is 14.2 Å². The molecule has 1 fully saturated rings. The van der Waals surface area contributed by atoms with Gasteiger partial charge < -0.3 is 14.7 Å². The van der Waals surface area contributed by atoms with Crippen LogP contribution in [-0.4, -0.2) is 41.2 Å². The molecule has 0 amide bonds. The van der Waals surface area contributed by atoms with Gasteiger partial charge in [0.1, 0.15) is 0 Å². The van der Waals surface area contributed by atoms with Gasteiger partial charge in [-0.1, -0.05) is 0 Å². The van der Waals surface area contributed by atoms with Gasteiger partial charge in [-0.25, -0.2) is 9.37 Å². The number of aliphatic hydroxyl groups excluding tert-OH is 1. The standard InChI is InChI=1S/C13H19FN2O2/c1-16-7-2-3-11(16)5-8-18-13-12(14)10(9-17)4-6-15-13/h4,6,11,17H,2-3,5,7-9H2,1H3. The summed E-state index contributed by atoms with van der Waals surface area (Å²) in [6.07, 6.45) is 4.72. The fraction of sp³-hybridized carbons (Fsp3) is 0.615. The van der Waals surface area contributed by atoms with E-state index in [4.69, 9.17) is 9.84 Å². The van der Waals surface area contributed by atoms with E-state index < -0.39 is 5.82 Å². The molecule has 0 radical (unpaired) electrons. The third-order valence-electron chi connectivity index (χ3n) is 3.47. The second-order valence-corrected chi connectivity index (χ2v) is 4.66. The maximum Gasteiger partial charge on any atom is 0.250 e. The van der Waals surface area contributed by atoms with Crippen LogP contribution in [0.3, 0.4) is 0 Å². The number of hydrogen-bond donors (Lipinski definition) is 1. The topological polar surface area (TPSA) is 45.6 Å². The van der Waals surface area contributed by atoms with E-state index in [0.717, 1.165) is 13.0 Å². The van der Waals surface area contributed by atoms with E-state index in [1.165, 1.54) is 25.1 Å². The van der Waals surface area contributed by atoms with E-state index in [1.807, 2.05) is 0 Å². The summed E-state index contributed by atoms with van der Waals surface area (Å²) in [7, 11) is 2.10. The quantitative estimate of drug-likeness (QED) is 0.866. The lowest BCUT2D eigenvalue weighted by Crippen LogP contribution is -2.26. The van der Waals surface area contributed by atoms with Crippen LogP contribution in [0.25, 0.3) is 0 Å². The summed E-state index contributed by atoms with van der Waals surface area (Å²) in [6.45, 7) is 1.24. The van der Waals surface area contributed by atoms with Crippen molar-refractivity contribution in [3.8, 4) is 5.88 Å². The molecule has 1 aliphatic rings. The minimum Gasteiger partial charge on any atom is -0.476 e. The van der Waals surface area contributed by atoms with Crippen LogP contribution in [0.1, 0.15) is 24.8 Å². The van der Waals surface area contributed by atoms with Gasteiger partial charge in [0.25, 0.3) is 5.88 Å². The highest BCUT2D eigenvalue weighted by Gasteiger charge is 2.20. The van der Waals surface area contributed by atoms with Gasteiger partial charge in [-0.05, 0) is 38.9 Å². The molecule has 5 heteroatoms. The minimum absolute atomic E-state index is 0.0119. The zero-order chi connectivity index (χ0) is 13.0. The molecule has 0 aliphatic carbocycles. The molecule has 0 spiro atoms. The van der Waals surface area contributed by atoms with Crippen LogP contribution >= 0.6 is 0 Å². The third-order valence-corrected chi connectivity index (χ3v) is 3.47. The maximum atomic E-state index is 13.7. The van der Waals surface area contributed by atoms with Crippen LogP contribution in [0.2, 0.25) is 0 Å². The third kappa shape index (κ3) is 2.97. The molecule has 0 aromatic carbocycles. The molecule has 1 saturated heterocycles. The maximum absolute atomic E-state index is 13.7. The summed E-state index contributed by atoms with van der Waals surface area (Å²) in [5.74, 6) is -0.568. The van der Waals surface area contributed by atoms with Crippen molar-refractivity contribution in [2.24, 2.45) is 0 Å². The molecule has 0 saturated carbocycles. The zero-order valence-corrected chi connectivity index (χ0v) is 10.6. The Kier molecular flexibility index (Phi) is 4.49. The number of likely N-dealkylation sites (tertiary alicyclic amines) is 1. The Bertz CT molecular complexity index is 401. The SMILES string of the molecule is CN1CCCC1CCOc1nccc(CO)c1F. The van der Waals surface area contributed by atoms with Crippen LogP contribution in [0, 0.1) is 5.82 Å². The van der Waals surface area contributed by atoms with Gasteiger partial charge in [0.05, 0.1) is 13.2 Å². The molecule has 4 nitrogen and oxygen atoms in total. The second kappa shape index (κ2) is 6.11. The number of rotatable bonds is 5. The van der Waals surface area contributed by atoms with E-state index in [0.29, 0.717) is 12.6 Å². The highest BCUT2D eigenvalue weighted by atomic mass is 19.1. The number of nitrogens with zero attached hydrogens (tertiary/aromatic N) is 2. The van der Waals surface area contributed by atoms with Gasteiger partial charge in [-0.2, -0.15) is 0 Å². The first-order valence-corrected chi connectivity index (χ1v) is 6.29. The Morgan fingerprint density at radius 3 is 3.11 bits per heavy atom. The first-order valence-electron chi connectivity index (χ1n) is 6.29. The smallest absolute Gasteiger partial charge is 0.250 e. The molecule has 1 aromatic rings. The van der Waals surface area contributed by atoms with Crippen molar-refractivity contribution in [3.63, 3.8) is 0 Å². The van der Waals surface area contributed by atoms with Crippen molar-refractivity contribution in [2.45, 2.75) is 31.9 Å². The molecular weight excluding hydrogens is 235 g/mol. The van der Waals surface area contributed by atoms with Gasteiger partial charge in [0, 0.05) is 17.8 Å². The predicted molar refractivity (Wildman–Crippen MR) is 65.9 cm³/mol. The van der Waals surface area contributed by atoms with E-state index in [1.54, 1.807) is 0 Å². The van der Waals surface area contributed by atoms with Crippen LogP contribution in [0.5, 0.6) is 5.88 Å². The van der Waals surface area contributed by atoms with Crippen molar-refractivity contribution in [2.75, 3.05) is 20.2 Å².